The Morgan fingerprint density at radius 1 is 1.19 bits per heavy atom. The van der Waals surface area contributed by atoms with Gasteiger partial charge in [-0.15, -0.1) is 0 Å². The van der Waals surface area contributed by atoms with Gasteiger partial charge in [0.2, 0.25) is 0 Å². The molecule has 4 aliphatic rings. The summed E-state index contributed by atoms with van der Waals surface area (Å²) in [5.74, 6) is -1.68. The van der Waals surface area contributed by atoms with E-state index in [9.17, 15) is 14.4 Å². The highest BCUT2D eigenvalue weighted by atomic mass is 16.5. The number of furan rings is 1. The predicted molar refractivity (Wildman–Crippen MR) is 87.5 cm³/mol. The van der Waals surface area contributed by atoms with Crippen LogP contribution in [-0.2, 0) is 23.9 Å². The van der Waals surface area contributed by atoms with Crippen molar-refractivity contribution in [1.82, 2.24) is 0 Å². The molecule has 6 nitrogen and oxygen atoms in total. The fourth-order valence-corrected chi connectivity index (χ4v) is 5.98. The predicted octanol–water partition coefficient (Wildman–Crippen LogP) is 2.60. The number of rotatable bonds is 1. The molecule has 0 aromatic carbocycles. The minimum absolute atomic E-state index is 0.00704. The monoisotopic (exact) mass is 356 g/mol. The van der Waals surface area contributed by atoms with Gasteiger partial charge in [-0.2, -0.15) is 0 Å². The highest BCUT2D eigenvalue weighted by Gasteiger charge is 2.68. The first-order valence-electron chi connectivity index (χ1n) is 9.07. The molecule has 3 fully saturated rings. The van der Waals surface area contributed by atoms with Gasteiger partial charge in [0, 0.05) is 16.9 Å². The molecule has 2 aliphatic heterocycles. The molecule has 6 atom stereocenters. The Morgan fingerprint density at radius 3 is 2.81 bits per heavy atom. The Bertz CT molecular complexity index is 823. The van der Waals surface area contributed by atoms with Crippen LogP contribution in [0.3, 0.4) is 0 Å². The Balaban J connectivity index is 1.61. The van der Waals surface area contributed by atoms with Gasteiger partial charge < -0.3 is 13.9 Å². The number of carbonyl (C=O) groups excluding carboxylic acids is 3. The van der Waals surface area contributed by atoms with Crippen molar-refractivity contribution in [2.75, 3.05) is 6.61 Å². The van der Waals surface area contributed by atoms with Gasteiger partial charge in [0.1, 0.15) is 6.10 Å². The van der Waals surface area contributed by atoms with Crippen LogP contribution in [0.15, 0.2) is 35.2 Å². The summed E-state index contributed by atoms with van der Waals surface area (Å²) < 4.78 is 16.2. The molecule has 2 saturated heterocycles. The lowest BCUT2D eigenvalue weighted by atomic mass is 9.44. The van der Waals surface area contributed by atoms with Gasteiger partial charge in [0.25, 0.3) is 0 Å². The summed E-state index contributed by atoms with van der Waals surface area (Å²) in [4.78, 5) is 38.1. The summed E-state index contributed by atoms with van der Waals surface area (Å²) in [6.07, 6.45) is 7.67. The van der Waals surface area contributed by atoms with Crippen LogP contribution in [0, 0.1) is 28.6 Å². The molecule has 0 N–H and O–H groups in total. The van der Waals surface area contributed by atoms with Crippen molar-refractivity contribution in [2.24, 2.45) is 28.6 Å². The maximum Gasteiger partial charge on any atom is 0.313 e. The maximum atomic E-state index is 13.0. The summed E-state index contributed by atoms with van der Waals surface area (Å²) in [6.45, 7) is 2.26. The molecular weight excluding hydrogens is 336 g/mol. The zero-order valence-electron chi connectivity index (χ0n) is 14.5. The van der Waals surface area contributed by atoms with E-state index in [0.717, 1.165) is 5.56 Å². The highest BCUT2D eigenvalue weighted by Crippen LogP contribution is 2.65. The lowest BCUT2D eigenvalue weighted by Gasteiger charge is -2.57. The number of ether oxygens (including phenoxy) is 2. The van der Waals surface area contributed by atoms with Crippen LogP contribution < -0.4 is 0 Å². The molecule has 2 aliphatic carbocycles. The average molecular weight is 356 g/mol. The molecule has 0 bridgehead atoms. The van der Waals surface area contributed by atoms with Crippen molar-refractivity contribution in [3.63, 3.8) is 0 Å². The first-order chi connectivity index (χ1) is 12.5. The molecule has 0 radical (unpaired) electrons. The van der Waals surface area contributed by atoms with Crippen molar-refractivity contribution in [2.45, 2.75) is 32.3 Å². The Labute approximate surface area is 150 Å². The van der Waals surface area contributed by atoms with E-state index in [1.165, 1.54) is 6.08 Å². The van der Waals surface area contributed by atoms with Crippen LogP contribution in [-0.4, -0.2) is 24.3 Å². The van der Waals surface area contributed by atoms with Crippen molar-refractivity contribution in [3.05, 3.63) is 36.3 Å². The number of ketones is 1. The normalized spacial score (nSPS) is 44.0. The third-order valence-electron chi connectivity index (χ3n) is 7.11. The average Bonchev–Trinajstić information content (AvgIpc) is 3.23. The van der Waals surface area contributed by atoms with Crippen LogP contribution in [0.4, 0.5) is 0 Å². The quantitative estimate of drug-likeness (QED) is 0.719. The lowest BCUT2D eigenvalue weighted by molar-refractivity contribution is -0.194. The lowest BCUT2D eigenvalue weighted by Crippen LogP contribution is -2.60. The topological polar surface area (TPSA) is 82.8 Å². The minimum atomic E-state index is -0.580. The number of cyclic esters (lactones) is 2. The largest absolute Gasteiger partial charge is 0.472 e. The fourth-order valence-electron chi connectivity index (χ4n) is 5.98. The molecule has 26 heavy (non-hydrogen) atoms. The van der Waals surface area contributed by atoms with Crippen LogP contribution in [0.25, 0.3) is 0 Å². The number of carbonyl (C=O) groups is 3. The van der Waals surface area contributed by atoms with E-state index in [2.05, 4.69) is 0 Å². The standard InChI is InChI=1S/C20H20O6/c1-19-8-15(11-5-7-24-9-11)26-18(23)12(19)4-6-20-10-25-17(22)13(20)2-3-14(21)16(19)20/h2-3,5,7,9,12-13,15-16H,4,6,8,10H2,1H3. The van der Waals surface area contributed by atoms with E-state index in [1.807, 2.05) is 6.92 Å². The SMILES string of the molecule is CC12CC(c3ccoc3)OC(=O)C1CCC13COC(=O)C1C=CC(=O)C23. The molecule has 5 rings (SSSR count). The third-order valence-corrected chi connectivity index (χ3v) is 7.11. The zero-order valence-corrected chi connectivity index (χ0v) is 14.5. The summed E-state index contributed by atoms with van der Waals surface area (Å²) in [5, 5.41) is 0. The highest BCUT2D eigenvalue weighted by molar-refractivity contribution is 5.98. The van der Waals surface area contributed by atoms with Crippen LogP contribution >= 0.6 is 0 Å². The van der Waals surface area contributed by atoms with Gasteiger partial charge in [-0.3, -0.25) is 14.4 Å². The Morgan fingerprint density at radius 2 is 2.04 bits per heavy atom. The van der Waals surface area contributed by atoms with Gasteiger partial charge >= 0.3 is 11.9 Å². The van der Waals surface area contributed by atoms with Crippen LogP contribution in [0.2, 0.25) is 0 Å². The van der Waals surface area contributed by atoms with Crippen LogP contribution in [0.5, 0.6) is 0 Å². The molecule has 1 aromatic rings. The zero-order chi connectivity index (χ0) is 18.1. The molecule has 6 heteroatoms. The van der Waals surface area contributed by atoms with Crippen molar-refractivity contribution < 1.29 is 28.3 Å². The summed E-state index contributed by atoms with van der Waals surface area (Å²) in [7, 11) is 0. The molecule has 6 unspecified atom stereocenters. The second kappa shape index (κ2) is 5.09. The first kappa shape index (κ1) is 15.9. The third kappa shape index (κ3) is 1.85. The van der Waals surface area contributed by atoms with E-state index < -0.39 is 28.8 Å². The molecule has 1 spiro atoms. The van der Waals surface area contributed by atoms with Crippen LogP contribution in [0.1, 0.15) is 37.9 Å². The van der Waals surface area contributed by atoms with Crippen molar-refractivity contribution >= 4 is 17.7 Å². The number of hydrogen-bond acceptors (Lipinski definition) is 6. The van der Waals surface area contributed by atoms with E-state index in [-0.39, 0.29) is 30.2 Å². The number of esters is 2. The Kier molecular flexibility index (Phi) is 3.10. The van der Waals surface area contributed by atoms with E-state index in [1.54, 1.807) is 24.7 Å². The van der Waals surface area contributed by atoms with E-state index >= 15 is 0 Å². The molecular formula is C20H20O6. The van der Waals surface area contributed by atoms with Crippen molar-refractivity contribution in [3.8, 4) is 0 Å². The number of allylic oxidation sites excluding steroid dienone is 1. The second-order valence-electron chi connectivity index (χ2n) is 8.30. The molecule has 3 heterocycles. The summed E-state index contributed by atoms with van der Waals surface area (Å²) in [6, 6.07) is 1.79. The maximum absolute atomic E-state index is 13.0. The van der Waals surface area contributed by atoms with E-state index in [4.69, 9.17) is 13.9 Å². The van der Waals surface area contributed by atoms with Gasteiger partial charge in [-0.05, 0) is 36.8 Å². The second-order valence-corrected chi connectivity index (χ2v) is 8.30. The molecule has 136 valence electrons. The van der Waals surface area contributed by atoms with Gasteiger partial charge in [-0.25, -0.2) is 0 Å². The number of fused-ring (bicyclic) bond motifs is 2. The van der Waals surface area contributed by atoms with Gasteiger partial charge in [0.15, 0.2) is 5.78 Å². The number of hydrogen-bond donors (Lipinski definition) is 0. The molecule has 1 saturated carbocycles. The van der Waals surface area contributed by atoms with Gasteiger partial charge in [0.05, 0.1) is 31.0 Å². The summed E-state index contributed by atoms with van der Waals surface area (Å²) in [5.41, 5.74) is -0.317. The smallest absolute Gasteiger partial charge is 0.313 e. The molecule has 1 aromatic heterocycles. The van der Waals surface area contributed by atoms with E-state index in [0.29, 0.717) is 19.3 Å². The fraction of sp³-hybridized carbons (Fsp3) is 0.550. The van der Waals surface area contributed by atoms with Crippen molar-refractivity contribution in [1.29, 1.82) is 0 Å². The van der Waals surface area contributed by atoms with Gasteiger partial charge in [-0.1, -0.05) is 13.0 Å². The minimum Gasteiger partial charge on any atom is -0.472 e. The first-order valence-corrected chi connectivity index (χ1v) is 9.07. The molecule has 0 amide bonds. The Hall–Kier alpha value is -2.37. The summed E-state index contributed by atoms with van der Waals surface area (Å²) >= 11 is 0.